The fourth-order valence-electron chi connectivity index (χ4n) is 4.00. The van der Waals surface area contributed by atoms with Crippen molar-refractivity contribution in [1.29, 1.82) is 0 Å². The second kappa shape index (κ2) is 10.9. The van der Waals surface area contributed by atoms with E-state index in [0.29, 0.717) is 52.9 Å². The van der Waals surface area contributed by atoms with Gasteiger partial charge in [0.1, 0.15) is 17.2 Å². The molecule has 0 atom stereocenters. The number of benzene rings is 3. The van der Waals surface area contributed by atoms with E-state index in [4.69, 9.17) is 14.0 Å². The molecule has 186 valence electrons. The summed E-state index contributed by atoms with van der Waals surface area (Å²) in [6.07, 6.45) is 0.0257. The number of fused-ring (bicyclic) bond motifs is 1. The molecule has 0 spiro atoms. The van der Waals surface area contributed by atoms with Crippen LogP contribution in [0.1, 0.15) is 41.0 Å². The van der Waals surface area contributed by atoms with Crippen molar-refractivity contribution in [2.45, 2.75) is 34.1 Å². The topological polar surface area (TPSA) is 103 Å². The number of carbonyl (C=O) groups is 2. The van der Waals surface area contributed by atoms with Gasteiger partial charge in [-0.2, -0.15) is 0 Å². The third-order valence-corrected chi connectivity index (χ3v) is 5.54. The molecule has 8 nitrogen and oxygen atoms in total. The highest BCUT2D eigenvalue weighted by Crippen LogP contribution is 2.37. The van der Waals surface area contributed by atoms with E-state index >= 15 is 0 Å². The maximum absolute atomic E-state index is 13.0. The van der Waals surface area contributed by atoms with E-state index in [9.17, 15) is 9.59 Å². The van der Waals surface area contributed by atoms with Crippen LogP contribution in [0.2, 0.25) is 0 Å². The fraction of sp³-hybridized carbons (Fsp3) is 0.250. The largest absolute Gasteiger partial charge is 0.492 e. The summed E-state index contributed by atoms with van der Waals surface area (Å²) in [6.45, 7) is 8.37. The van der Waals surface area contributed by atoms with Crippen molar-refractivity contribution >= 4 is 34.2 Å². The molecule has 1 aromatic heterocycles. The Kier molecular flexibility index (Phi) is 7.53. The number of rotatable bonds is 9. The summed E-state index contributed by atoms with van der Waals surface area (Å²) in [5, 5.41) is 10.7. The van der Waals surface area contributed by atoms with Gasteiger partial charge in [-0.3, -0.25) is 9.59 Å². The zero-order valence-corrected chi connectivity index (χ0v) is 20.8. The molecular weight excluding hydrogens is 458 g/mol. The van der Waals surface area contributed by atoms with E-state index in [-0.39, 0.29) is 18.2 Å². The first-order valence-electron chi connectivity index (χ1n) is 11.8. The second-order valence-electron chi connectivity index (χ2n) is 8.34. The van der Waals surface area contributed by atoms with Crippen molar-refractivity contribution in [2.24, 2.45) is 0 Å². The monoisotopic (exact) mass is 487 g/mol. The highest BCUT2D eigenvalue weighted by Gasteiger charge is 2.19. The number of nitrogens with one attached hydrogen (secondary N) is 2. The first-order chi connectivity index (χ1) is 17.4. The molecule has 2 N–H and O–H groups in total. The number of carbonyl (C=O) groups excluding carboxylic acids is 2. The lowest BCUT2D eigenvalue weighted by molar-refractivity contribution is -0.115. The van der Waals surface area contributed by atoms with Gasteiger partial charge in [0.25, 0.3) is 5.91 Å². The molecule has 0 saturated carbocycles. The van der Waals surface area contributed by atoms with Crippen molar-refractivity contribution in [2.75, 3.05) is 23.8 Å². The van der Waals surface area contributed by atoms with Gasteiger partial charge in [0.2, 0.25) is 5.91 Å². The minimum Gasteiger partial charge on any atom is -0.492 e. The maximum Gasteiger partial charge on any atom is 0.255 e. The van der Waals surface area contributed by atoms with Gasteiger partial charge in [0.05, 0.1) is 31.0 Å². The predicted molar refractivity (Wildman–Crippen MR) is 139 cm³/mol. The van der Waals surface area contributed by atoms with E-state index in [2.05, 4.69) is 15.8 Å². The molecule has 0 radical (unpaired) electrons. The summed E-state index contributed by atoms with van der Waals surface area (Å²) in [6, 6.07) is 16.2. The Morgan fingerprint density at radius 2 is 1.53 bits per heavy atom. The Bertz CT molecular complexity index is 1400. The molecule has 4 rings (SSSR count). The normalized spacial score (nSPS) is 10.8. The molecule has 0 saturated heterocycles. The number of nitrogens with zero attached hydrogens (tertiary/aromatic N) is 1. The molecule has 0 aliphatic heterocycles. The van der Waals surface area contributed by atoms with E-state index < -0.39 is 0 Å². The SMILES string of the molecule is CCOc1cc(NC(=O)c2ccccc2)c(OCC)cc1NC(=O)Cc1noc2c(C)cc(C)cc12. The quantitative estimate of drug-likeness (QED) is 0.315. The lowest BCUT2D eigenvalue weighted by Crippen LogP contribution is -2.17. The van der Waals surface area contributed by atoms with Crippen LogP contribution >= 0.6 is 0 Å². The molecule has 0 fully saturated rings. The summed E-state index contributed by atoms with van der Waals surface area (Å²) in [5.74, 6) is 0.265. The van der Waals surface area contributed by atoms with Gasteiger partial charge in [-0.25, -0.2) is 0 Å². The minimum absolute atomic E-state index is 0.0257. The van der Waals surface area contributed by atoms with Gasteiger partial charge >= 0.3 is 0 Å². The Morgan fingerprint density at radius 3 is 2.17 bits per heavy atom. The average Bonchev–Trinajstić information content (AvgIpc) is 3.25. The molecule has 8 heteroatoms. The molecule has 0 aliphatic rings. The molecule has 0 unspecified atom stereocenters. The summed E-state index contributed by atoms with van der Waals surface area (Å²) < 4.78 is 17.0. The Hall–Kier alpha value is -4.33. The summed E-state index contributed by atoms with van der Waals surface area (Å²) in [5.41, 5.74) is 4.67. The number of amides is 2. The highest BCUT2D eigenvalue weighted by atomic mass is 16.5. The first kappa shape index (κ1) is 24.8. The smallest absolute Gasteiger partial charge is 0.255 e. The van der Waals surface area contributed by atoms with E-state index in [1.165, 1.54) is 0 Å². The summed E-state index contributed by atoms with van der Waals surface area (Å²) in [7, 11) is 0. The fourth-order valence-corrected chi connectivity index (χ4v) is 4.00. The molecule has 1 heterocycles. The van der Waals surface area contributed by atoms with E-state index in [1.807, 2.05) is 45.9 Å². The number of ether oxygens (including phenoxy) is 2. The van der Waals surface area contributed by atoms with Gasteiger partial charge in [-0.1, -0.05) is 29.4 Å². The third-order valence-electron chi connectivity index (χ3n) is 5.54. The van der Waals surface area contributed by atoms with Crippen LogP contribution < -0.4 is 20.1 Å². The third kappa shape index (κ3) is 5.49. The number of anilines is 2. The van der Waals surface area contributed by atoms with Crippen molar-refractivity contribution in [1.82, 2.24) is 5.16 Å². The predicted octanol–water partition coefficient (Wildman–Crippen LogP) is 5.68. The van der Waals surface area contributed by atoms with Crippen LogP contribution in [-0.2, 0) is 11.2 Å². The van der Waals surface area contributed by atoms with Crippen LogP contribution in [0.4, 0.5) is 11.4 Å². The summed E-state index contributed by atoms with van der Waals surface area (Å²) >= 11 is 0. The van der Waals surface area contributed by atoms with E-state index in [1.54, 1.807) is 36.4 Å². The van der Waals surface area contributed by atoms with Crippen molar-refractivity contribution < 1.29 is 23.6 Å². The van der Waals surface area contributed by atoms with Crippen LogP contribution in [0.25, 0.3) is 11.0 Å². The number of hydrogen-bond donors (Lipinski definition) is 2. The molecule has 2 amide bonds. The molecule has 4 aromatic rings. The van der Waals surface area contributed by atoms with Crippen LogP contribution in [-0.4, -0.2) is 30.2 Å². The first-order valence-corrected chi connectivity index (χ1v) is 11.8. The van der Waals surface area contributed by atoms with Crippen LogP contribution in [0.5, 0.6) is 11.5 Å². The Balaban J connectivity index is 1.60. The number of aryl methyl sites for hydroxylation is 2. The van der Waals surface area contributed by atoms with Crippen molar-refractivity contribution in [3.05, 3.63) is 77.0 Å². The van der Waals surface area contributed by atoms with E-state index in [0.717, 1.165) is 16.5 Å². The lowest BCUT2D eigenvalue weighted by atomic mass is 10.1. The average molecular weight is 488 g/mol. The highest BCUT2D eigenvalue weighted by molar-refractivity contribution is 6.05. The van der Waals surface area contributed by atoms with Crippen molar-refractivity contribution in [3.63, 3.8) is 0 Å². The van der Waals surface area contributed by atoms with Gasteiger partial charge in [0, 0.05) is 23.1 Å². The maximum atomic E-state index is 13.0. The van der Waals surface area contributed by atoms with Crippen LogP contribution in [0.3, 0.4) is 0 Å². The molecular formula is C28H29N3O5. The Morgan fingerprint density at radius 1 is 0.889 bits per heavy atom. The Labute approximate surface area is 209 Å². The van der Waals surface area contributed by atoms with Crippen LogP contribution in [0.15, 0.2) is 59.1 Å². The minimum atomic E-state index is -0.283. The van der Waals surface area contributed by atoms with Gasteiger partial charge in [-0.05, 0) is 57.0 Å². The summed E-state index contributed by atoms with van der Waals surface area (Å²) in [4.78, 5) is 25.7. The lowest BCUT2D eigenvalue weighted by Gasteiger charge is -2.18. The number of hydrogen-bond acceptors (Lipinski definition) is 6. The molecule has 36 heavy (non-hydrogen) atoms. The van der Waals surface area contributed by atoms with Crippen LogP contribution in [0, 0.1) is 13.8 Å². The molecule has 3 aromatic carbocycles. The number of aromatic nitrogens is 1. The molecule has 0 bridgehead atoms. The van der Waals surface area contributed by atoms with Gasteiger partial charge in [-0.15, -0.1) is 0 Å². The second-order valence-corrected chi connectivity index (χ2v) is 8.34. The zero-order valence-electron chi connectivity index (χ0n) is 20.8. The van der Waals surface area contributed by atoms with Crippen molar-refractivity contribution in [3.8, 4) is 11.5 Å². The zero-order chi connectivity index (χ0) is 25.7. The molecule has 0 aliphatic carbocycles. The standard InChI is InChI=1S/C28H29N3O5/c1-5-34-24-15-23(30-28(33)19-10-8-7-9-11-19)25(35-6-2)14-22(24)29-26(32)16-21-20-13-17(3)12-18(4)27(20)36-31-21/h7-15H,5-6,16H2,1-4H3,(H,29,32)(H,30,33). The van der Waals surface area contributed by atoms with Gasteiger partial charge < -0.3 is 24.6 Å². The van der Waals surface area contributed by atoms with Gasteiger partial charge in [0.15, 0.2) is 5.58 Å².